The van der Waals surface area contributed by atoms with Gasteiger partial charge in [0.15, 0.2) is 0 Å². The fourth-order valence-electron chi connectivity index (χ4n) is 1.31. The number of imidazole rings is 1. The normalized spacial score (nSPS) is 12.4. The summed E-state index contributed by atoms with van der Waals surface area (Å²) in [4.78, 5) is 4.27. The molecule has 1 rings (SSSR count). The number of aromatic nitrogens is 2. The Morgan fingerprint density at radius 2 is 2.50 bits per heavy atom. The van der Waals surface area contributed by atoms with E-state index in [0.29, 0.717) is 6.04 Å². The van der Waals surface area contributed by atoms with Crippen LogP contribution in [-0.4, -0.2) is 15.6 Å². The van der Waals surface area contributed by atoms with E-state index in [2.05, 4.69) is 34.6 Å². The maximum atomic E-state index is 5.22. The first-order valence-corrected chi connectivity index (χ1v) is 4.94. The van der Waals surface area contributed by atoms with Gasteiger partial charge in [-0.3, -0.25) is 0 Å². The minimum atomic E-state index is 0.349. The second-order valence-corrected chi connectivity index (χ2v) is 3.32. The van der Waals surface area contributed by atoms with Crippen LogP contribution in [0.15, 0.2) is 12.4 Å². The van der Waals surface area contributed by atoms with Crippen molar-refractivity contribution in [1.82, 2.24) is 14.9 Å². The van der Waals surface area contributed by atoms with Crippen LogP contribution in [0, 0.1) is 12.3 Å². The molecule has 1 heterocycles. The van der Waals surface area contributed by atoms with Crippen LogP contribution in [0.2, 0.25) is 0 Å². The van der Waals surface area contributed by atoms with Crippen molar-refractivity contribution in [2.75, 3.05) is 0 Å². The Labute approximate surface area is 85.5 Å². The molecule has 0 amide bonds. The molecule has 1 aromatic heterocycles. The molecular formula is C11H17N3. The molecule has 0 fully saturated rings. The zero-order chi connectivity index (χ0) is 10.4. The van der Waals surface area contributed by atoms with Crippen LogP contribution in [0.5, 0.6) is 0 Å². The summed E-state index contributed by atoms with van der Waals surface area (Å²) in [6.45, 7) is 5.93. The molecule has 1 atom stereocenters. The molecular weight excluding hydrogens is 174 g/mol. The first-order chi connectivity index (χ1) is 6.77. The quantitative estimate of drug-likeness (QED) is 0.713. The van der Waals surface area contributed by atoms with Gasteiger partial charge in [-0.15, -0.1) is 12.3 Å². The predicted octanol–water partition coefficient (Wildman–Crippen LogP) is 1.40. The van der Waals surface area contributed by atoms with Gasteiger partial charge in [-0.2, -0.15) is 0 Å². The number of nitrogens with zero attached hydrogens (tertiary/aromatic N) is 2. The third kappa shape index (κ3) is 2.90. The van der Waals surface area contributed by atoms with E-state index in [1.807, 2.05) is 12.4 Å². The van der Waals surface area contributed by atoms with Crippen molar-refractivity contribution < 1.29 is 0 Å². The SMILES string of the molecule is C#CCC(C)NCc1nccn1CC. The van der Waals surface area contributed by atoms with Gasteiger partial charge in [0.1, 0.15) is 5.82 Å². The van der Waals surface area contributed by atoms with E-state index in [0.717, 1.165) is 25.3 Å². The number of nitrogens with one attached hydrogen (secondary N) is 1. The number of rotatable bonds is 5. The van der Waals surface area contributed by atoms with E-state index in [9.17, 15) is 0 Å². The van der Waals surface area contributed by atoms with Gasteiger partial charge in [-0.05, 0) is 13.8 Å². The maximum absolute atomic E-state index is 5.22. The van der Waals surface area contributed by atoms with E-state index in [4.69, 9.17) is 6.42 Å². The number of aryl methyl sites for hydroxylation is 1. The molecule has 0 aromatic carbocycles. The van der Waals surface area contributed by atoms with E-state index >= 15 is 0 Å². The summed E-state index contributed by atoms with van der Waals surface area (Å²) in [6, 6.07) is 0.349. The molecule has 0 bridgehead atoms. The average Bonchev–Trinajstić information content (AvgIpc) is 2.62. The lowest BCUT2D eigenvalue weighted by Crippen LogP contribution is -2.26. The fraction of sp³-hybridized carbons (Fsp3) is 0.545. The lowest BCUT2D eigenvalue weighted by atomic mass is 10.2. The van der Waals surface area contributed by atoms with Crippen molar-refractivity contribution in [3.63, 3.8) is 0 Å². The molecule has 0 aliphatic heterocycles. The highest BCUT2D eigenvalue weighted by Crippen LogP contribution is 1.98. The minimum Gasteiger partial charge on any atom is -0.334 e. The van der Waals surface area contributed by atoms with Gasteiger partial charge in [0, 0.05) is 31.4 Å². The van der Waals surface area contributed by atoms with Crippen LogP contribution in [0.4, 0.5) is 0 Å². The maximum Gasteiger partial charge on any atom is 0.122 e. The van der Waals surface area contributed by atoms with Gasteiger partial charge >= 0.3 is 0 Å². The van der Waals surface area contributed by atoms with Crippen molar-refractivity contribution >= 4 is 0 Å². The monoisotopic (exact) mass is 191 g/mol. The van der Waals surface area contributed by atoms with Crippen molar-refractivity contribution in [3.8, 4) is 12.3 Å². The zero-order valence-electron chi connectivity index (χ0n) is 8.83. The molecule has 1 aromatic rings. The fourth-order valence-corrected chi connectivity index (χ4v) is 1.31. The summed E-state index contributed by atoms with van der Waals surface area (Å²) in [6.07, 6.45) is 9.80. The van der Waals surface area contributed by atoms with E-state index in [1.54, 1.807) is 0 Å². The van der Waals surface area contributed by atoms with Gasteiger partial charge in [0.25, 0.3) is 0 Å². The molecule has 14 heavy (non-hydrogen) atoms. The van der Waals surface area contributed by atoms with Gasteiger partial charge in [0.2, 0.25) is 0 Å². The van der Waals surface area contributed by atoms with Gasteiger partial charge in [0.05, 0.1) is 6.54 Å². The van der Waals surface area contributed by atoms with Gasteiger partial charge < -0.3 is 9.88 Å². The summed E-state index contributed by atoms with van der Waals surface area (Å²) in [5.41, 5.74) is 0. The lowest BCUT2D eigenvalue weighted by Gasteiger charge is -2.11. The highest BCUT2D eigenvalue weighted by molar-refractivity contribution is 4.93. The third-order valence-corrected chi connectivity index (χ3v) is 2.18. The van der Waals surface area contributed by atoms with Gasteiger partial charge in [-0.1, -0.05) is 0 Å². The molecule has 1 N–H and O–H groups in total. The molecule has 0 aliphatic rings. The largest absolute Gasteiger partial charge is 0.334 e. The molecule has 0 spiro atoms. The molecule has 76 valence electrons. The summed E-state index contributed by atoms with van der Waals surface area (Å²) in [5, 5.41) is 3.33. The van der Waals surface area contributed by atoms with Crippen molar-refractivity contribution in [3.05, 3.63) is 18.2 Å². The van der Waals surface area contributed by atoms with E-state index < -0.39 is 0 Å². The number of hydrogen-bond donors (Lipinski definition) is 1. The topological polar surface area (TPSA) is 29.9 Å². The van der Waals surface area contributed by atoms with Crippen LogP contribution in [0.3, 0.4) is 0 Å². The van der Waals surface area contributed by atoms with Crippen LogP contribution < -0.4 is 5.32 Å². The summed E-state index contributed by atoms with van der Waals surface area (Å²) in [7, 11) is 0. The zero-order valence-corrected chi connectivity index (χ0v) is 8.83. The predicted molar refractivity (Wildman–Crippen MR) is 57.7 cm³/mol. The van der Waals surface area contributed by atoms with Crippen molar-refractivity contribution in [2.24, 2.45) is 0 Å². The summed E-state index contributed by atoms with van der Waals surface area (Å²) < 4.78 is 2.12. The van der Waals surface area contributed by atoms with Crippen LogP contribution in [0.25, 0.3) is 0 Å². The van der Waals surface area contributed by atoms with E-state index in [-0.39, 0.29) is 0 Å². The molecule has 1 unspecified atom stereocenters. The van der Waals surface area contributed by atoms with Crippen molar-refractivity contribution in [1.29, 1.82) is 0 Å². The molecule has 0 radical (unpaired) electrons. The Kier molecular flexibility index (Phi) is 4.21. The number of hydrogen-bond acceptors (Lipinski definition) is 2. The Hall–Kier alpha value is -1.27. The molecule has 3 heteroatoms. The van der Waals surface area contributed by atoms with Crippen molar-refractivity contribution in [2.45, 2.75) is 39.4 Å². The molecule has 3 nitrogen and oxygen atoms in total. The van der Waals surface area contributed by atoms with E-state index in [1.165, 1.54) is 0 Å². The first-order valence-electron chi connectivity index (χ1n) is 4.94. The van der Waals surface area contributed by atoms with Crippen LogP contribution in [-0.2, 0) is 13.1 Å². The standard InChI is InChI=1S/C11H17N3/c1-4-6-10(3)13-9-11-12-7-8-14(11)5-2/h1,7-8,10,13H,5-6,9H2,2-3H3. The smallest absolute Gasteiger partial charge is 0.122 e. The summed E-state index contributed by atoms with van der Waals surface area (Å²) >= 11 is 0. The average molecular weight is 191 g/mol. The molecule has 0 aliphatic carbocycles. The second kappa shape index (κ2) is 5.46. The molecule has 0 saturated heterocycles. The van der Waals surface area contributed by atoms with Crippen LogP contribution >= 0.6 is 0 Å². The van der Waals surface area contributed by atoms with Crippen LogP contribution in [0.1, 0.15) is 26.1 Å². The summed E-state index contributed by atoms with van der Waals surface area (Å²) in [5.74, 6) is 3.70. The van der Waals surface area contributed by atoms with Gasteiger partial charge in [-0.25, -0.2) is 4.98 Å². The Balaban J connectivity index is 2.42. The molecule has 0 saturated carbocycles. The Morgan fingerprint density at radius 1 is 1.71 bits per heavy atom. The number of terminal acetylenes is 1. The Bertz CT molecular complexity index is 309. The third-order valence-electron chi connectivity index (χ3n) is 2.18. The highest BCUT2D eigenvalue weighted by atomic mass is 15.1. The first kappa shape index (κ1) is 10.8. The lowest BCUT2D eigenvalue weighted by molar-refractivity contribution is 0.530. The second-order valence-electron chi connectivity index (χ2n) is 3.32. The minimum absolute atomic E-state index is 0.349. The Morgan fingerprint density at radius 3 is 3.14 bits per heavy atom. The highest BCUT2D eigenvalue weighted by Gasteiger charge is 2.03.